The average molecular weight is 189 g/mol. The van der Waals surface area contributed by atoms with Crippen LogP contribution in [0.4, 0.5) is 0 Å². The van der Waals surface area contributed by atoms with Crippen LogP contribution in [0.2, 0.25) is 0 Å². The average Bonchev–Trinajstić information content (AvgIpc) is 2.00. The van der Waals surface area contributed by atoms with Crippen molar-refractivity contribution in [2.24, 2.45) is 5.73 Å². The van der Waals surface area contributed by atoms with Crippen LogP contribution < -0.4 is 16.4 Å². The minimum Gasteiger partial charge on any atom is -0.368 e. The lowest BCUT2D eigenvalue weighted by atomic mass is 10.3. The van der Waals surface area contributed by atoms with Crippen LogP contribution in [0.1, 0.15) is 20.3 Å². The number of carbonyl (C=O) groups excluding carboxylic acids is 1. The van der Waals surface area contributed by atoms with Crippen LogP contribution in [-0.2, 0) is 4.79 Å². The van der Waals surface area contributed by atoms with E-state index < -0.39 is 11.9 Å². The smallest absolute Gasteiger partial charge is 0.239 e. The Hall–Kier alpha value is -0.840. The first-order valence-electron chi connectivity index (χ1n) is 3.91. The van der Waals surface area contributed by atoms with Gasteiger partial charge in [-0.1, -0.05) is 6.92 Å². The number of thiocarbonyl (C=S) groups is 1. The predicted molar refractivity (Wildman–Crippen MR) is 52.7 cm³/mol. The van der Waals surface area contributed by atoms with Gasteiger partial charge in [-0.05, 0) is 25.6 Å². The van der Waals surface area contributed by atoms with Gasteiger partial charge >= 0.3 is 0 Å². The van der Waals surface area contributed by atoms with E-state index in [-0.39, 0.29) is 0 Å². The molecule has 0 aromatic heterocycles. The predicted octanol–water partition coefficient (Wildman–Crippen LogP) is -0.266. The third-order valence-electron chi connectivity index (χ3n) is 1.31. The quantitative estimate of drug-likeness (QED) is 0.533. The molecule has 0 radical (unpaired) electrons. The molecule has 0 saturated heterocycles. The molecule has 1 unspecified atom stereocenters. The summed E-state index contributed by atoms with van der Waals surface area (Å²) in [5, 5.41) is 6.17. The van der Waals surface area contributed by atoms with Crippen molar-refractivity contribution >= 4 is 23.2 Å². The normalized spacial score (nSPS) is 11.8. The van der Waals surface area contributed by atoms with E-state index in [4.69, 9.17) is 18.0 Å². The zero-order valence-electron chi connectivity index (χ0n) is 7.39. The molecule has 1 amide bonds. The van der Waals surface area contributed by atoms with Gasteiger partial charge in [0.15, 0.2) is 5.11 Å². The Morgan fingerprint density at radius 1 is 1.67 bits per heavy atom. The molecule has 0 rings (SSSR count). The van der Waals surface area contributed by atoms with Gasteiger partial charge in [0.1, 0.15) is 6.04 Å². The topological polar surface area (TPSA) is 67.2 Å². The van der Waals surface area contributed by atoms with Crippen molar-refractivity contribution in [2.45, 2.75) is 26.3 Å². The van der Waals surface area contributed by atoms with Crippen LogP contribution in [0.25, 0.3) is 0 Å². The summed E-state index contributed by atoms with van der Waals surface area (Å²) < 4.78 is 0. The number of nitrogens with one attached hydrogen (secondary N) is 2. The van der Waals surface area contributed by atoms with Crippen LogP contribution in [-0.4, -0.2) is 23.6 Å². The van der Waals surface area contributed by atoms with Crippen molar-refractivity contribution in [2.75, 3.05) is 6.54 Å². The van der Waals surface area contributed by atoms with Gasteiger partial charge < -0.3 is 16.4 Å². The highest BCUT2D eigenvalue weighted by Crippen LogP contribution is 1.79. The van der Waals surface area contributed by atoms with Gasteiger partial charge in [0, 0.05) is 6.54 Å². The summed E-state index contributed by atoms with van der Waals surface area (Å²) in [6.45, 7) is 4.51. The van der Waals surface area contributed by atoms with E-state index in [1.165, 1.54) is 0 Å². The second-order valence-corrected chi connectivity index (χ2v) is 2.93. The first kappa shape index (κ1) is 11.2. The van der Waals surface area contributed by atoms with Crippen molar-refractivity contribution < 1.29 is 4.79 Å². The fraction of sp³-hybridized carbons (Fsp3) is 0.714. The summed E-state index contributed by atoms with van der Waals surface area (Å²) in [7, 11) is 0. The Labute approximate surface area is 77.9 Å². The molecular weight excluding hydrogens is 174 g/mol. The highest BCUT2D eigenvalue weighted by molar-refractivity contribution is 7.80. The Balaban J connectivity index is 3.61. The van der Waals surface area contributed by atoms with Crippen molar-refractivity contribution in [3.05, 3.63) is 0 Å². The summed E-state index contributed by atoms with van der Waals surface area (Å²) >= 11 is 4.88. The molecule has 12 heavy (non-hydrogen) atoms. The summed E-state index contributed by atoms with van der Waals surface area (Å²) in [6, 6.07) is -0.415. The highest BCUT2D eigenvalue weighted by Gasteiger charge is 2.08. The van der Waals surface area contributed by atoms with E-state index in [0.717, 1.165) is 13.0 Å². The molecule has 0 spiro atoms. The Bertz CT molecular complexity index is 172. The molecule has 0 aromatic rings. The lowest BCUT2D eigenvalue weighted by Gasteiger charge is -2.13. The first-order chi connectivity index (χ1) is 5.57. The molecule has 4 N–H and O–H groups in total. The third kappa shape index (κ3) is 4.90. The summed E-state index contributed by atoms with van der Waals surface area (Å²) in [5.74, 6) is -0.407. The zero-order chi connectivity index (χ0) is 9.56. The molecule has 0 aliphatic carbocycles. The number of hydrogen-bond acceptors (Lipinski definition) is 2. The van der Waals surface area contributed by atoms with E-state index in [1.807, 2.05) is 6.92 Å². The second-order valence-electron chi connectivity index (χ2n) is 2.52. The number of primary amides is 1. The number of carbonyl (C=O) groups is 1. The lowest BCUT2D eigenvalue weighted by Crippen LogP contribution is -2.46. The van der Waals surface area contributed by atoms with Gasteiger partial charge in [0.2, 0.25) is 5.91 Å². The molecule has 70 valence electrons. The minimum atomic E-state index is -0.415. The molecule has 5 heteroatoms. The zero-order valence-corrected chi connectivity index (χ0v) is 8.20. The van der Waals surface area contributed by atoms with Gasteiger partial charge in [-0.25, -0.2) is 0 Å². The Morgan fingerprint density at radius 2 is 2.25 bits per heavy atom. The Kier molecular flexibility index (Phi) is 5.36. The van der Waals surface area contributed by atoms with E-state index in [0.29, 0.717) is 5.11 Å². The molecule has 0 saturated carbocycles. The maximum atomic E-state index is 10.6. The molecule has 0 aliphatic heterocycles. The molecule has 4 nitrogen and oxygen atoms in total. The van der Waals surface area contributed by atoms with E-state index in [9.17, 15) is 4.79 Å². The van der Waals surface area contributed by atoms with Crippen molar-refractivity contribution in [3.63, 3.8) is 0 Å². The van der Waals surface area contributed by atoms with Crippen LogP contribution in [0.3, 0.4) is 0 Å². The molecular formula is C7H15N3OS. The number of hydrogen-bond donors (Lipinski definition) is 3. The van der Waals surface area contributed by atoms with Gasteiger partial charge in [0.05, 0.1) is 0 Å². The molecule has 0 fully saturated rings. The summed E-state index contributed by atoms with van der Waals surface area (Å²) in [6.07, 6.45) is 0.993. The molecule has 0 aliphatic rings. The Morgan fingerprint density at radius 3 is 2.67 bits per heavy atom. The monoisotopic (exact) mass is 189 g/mol. The van der Waals surface area contributed by atoms with Gasteiger partial charge in [-0.3, -0.25) is 4.79 Å². The van der Waals surface area contributed by atoms with Crippen molar-refractivity contribution in [3.8, 4) is 0 Å². The van der Waals surface area contributed by atoms with E-state index >= 15 is 0 Å². The molecule has 0 aromatic carbocycles. The number of amides is 1. The molecule has 0 bridgehead atoms. The SMILES string of the molecule is CCCNC(=S)NC(C)C(N)=O. The van der Waals surface area contributed by atoms with Crippen LogP contribution in [0.5, 0.6) is 0 Å². The van der Waals surface area contributed by atoms with Crippen molar-refractivity contribution in [1.82, 2.24) is 10.6 Å². The third-order valence-corrected chi connectivity index (χ3v) is 1.57. The number of nitrogens with two attached hydrogens (primary N) is 1. The number of rotatable bonds is 4. The van der Waals surface area contributed by atoms with Gasteiger partial charge in [0.25, 0.3) is 0 Å². The minimum absolute atomic E-state index is 0.407. The standard InChI is InChI=1S/C7H15N3OS/c1-3-4-9-7(12)10-5(2)6(8)11/h5H,3-4H2,1-2H3,(H2,8,11)(H2,9,10,12). The van der Waals surface area contributed by atoms with Crippen LogP contribution in [0, 0.1) is 0 Å². The largest absolute Gasteiger partial charge is 0.368 e. The fourth-order valence-electron chi connectivity index (χ4n) is 0.557. The molecule has 1 atom stereocenters. The van der Waals surface area contributed by atoms with Gasteiger partial charge in [-0.15, -0.1) is 0 Å². The van der Waals surface area contributed by atoms with Crippen molar-refractivity contribution in [1.29, 1.82) is 0 Å². The van der Waals surface area contributed by atoms with E-state index in [1.54, 1.807) is 6.92 Å². The lowest BCUT2D eigenvalue weighted by molar-refractivity contribution is -0.119. The second kappa shape index (κ2) is 5.77. The summed E-state index contributed by atoms with van der Waals surface area (Å²) in [5.41, 5.74) is 5.02. The summed E-state index contributed by atoms with van der Waals surface area (Å²) in [4.78, 5) is 10.6. The molecule has 0 heterocycles. The first-order valence-corrected chi connectivity index (χ1v) is 4.32. The van der Waals surface area contributed by atoms with Crippen LogP contribution >= 0.6 is 12.2 Å². The fourth-order valence-corrected chi connectivity index (χ4v) is 0.836. The maximum Gasteiger partial charge on any atom is 0.239 e. The maximum absolute atomic E-state index is 10.6. The van der Waals surface area contributed by atoms with E-state index in [2.05, 4.69) is 10.6 Å². The highest BCUT2D eigenvalue weighted by atomic mass is 32.1. The van der Waals surface area contributed by atoms with Crippen LogP contribution in [0.15, 0.2) is 0 Å². The van der Waals surface area contributed by atoms with Gasteiger partial charge in [-0.2, -0.15) is 0 Å².